The van der Waals surface area contributed by atoms with Crippen LogP contribution in [0.1, 0.15) is 50.6 Å². The number of fused-ring (bicyclic) bond motifs is 1. The molecule has 0 radical (unpaired) electrons. The van der Waals surface area contributed by atoms with Gasteiger partial charge >= 0.3 is 6.18 Å². The average molecular weight is 553 g/mol. The second kappa shape index (κ2) is 12.2. The van der Waals surface area contributed by atoms with E-state index >= 15 is 0 Å². The fourth-order valence-corrected chi connectivity index (χ4v) is 5.48. The van der Waals surface area contributed by atoms with Crippen LogP contribution in [0.15, 0.2) is 36.7 Å². The Labute approximate surface area is 227 Å². The second-order valence-electron chi connectivity index (χ2n) is 10.4. The summed E-state index contributed by atoms with van der Waals surface area (Å²) < 4.78 is 39.9. The molecule has 11 heteroatoms. The Morgan fingerprint density at radius 3 is 2.55 bits per heavy atom. The lowest BCUT2D eigenvalue weighted by Gasteiger charge is -2.31. The number of aromatic nitrogens is 3. The molecule has 7 nitrogen and oxygen atoms in total. The minimum atomic E-state index is -4.23. The molecule has 1 saturated heterocycles. The predicted octanol–water partition coefficient (Wildman–Crippen LogP) is 5.15. The Kier molecular flexibility index (Phi) is 9.18. The predicted molar refractivity (Wildman–Crippen MR) is 146 cm³/mol. The number of hydrogen-bond acceptors (Lipinski definition) is 6. The number of nitrogens with one attached hydrogen (secondary N) is 2. The molecule has 38 heavy (non-hydrogen) atoms. The van der Waals surface area contributed by atoms with Gasteiger partial charge in [-0.1, -0.05) is 24.3 Å². The molecule has 1 saturated carbocycles. The van der Waals surface area contributed by atoms with Crippen molar-refractivity contribution in [2.45, 2.75) is 69.9 Å². The van der Waals surface area contributed by atoms with Crippen LogP contribution in [0.4, 0.5) is 19.1 Å². The third-order valence-electron chi connectivity index (χ3n) is 7.45. The number of alkyl halides is 3. The molecule has 1 aliphatic heterocycles. The van der Waals surface area contributed by atoms with Crippen LogP contribution in [0, 0.1) is 0 Å². The van der Waals surface area contributed by atoms with Gasteiger partial charge in [0.1, 0.15) is 5.65 Å². The van der Waals surface area contributed by atoms with Crippen LogP contribution < -0.4 is 10.6 Å². The molecule has 0 bridgehead atoms. The van der Waals surface area contributed by atoms with Crippen molar-refractivity contribution in [1.82, 2.24) is 24.8 Å². The maximum Gasteiger partial charge on any atom is 0.390 e. The van der Waals surface area contributed by atoms with Crippen molar-refractivity contribution in [3.8, 4) is 11.1 Å². The second-order valence-corrected chi connectivity index (χ2v) is 10.4. The summed E-state index contributed by atoms with van der Waals surface area (Å²) in [5, 5.41) is 17.1. The molecule has 0 spiro atoms. The number of aliphatic hydroxyl groups excluding tert-OH is 1. The Morgan fingerprint density at radius 2 is 1.87 bits per heavy atom. The lowest BCUT2D eigenvalue weighted by molar-refractivity contribution is -0.131. The van der Waals surface area contributed by atoms with Gasteiger partial charge in [0.25, 0.3) is 0 Å². The zero-order valence-corrected chi connectivity index (χ0v) is 22.4. The van der Waals surface area contributed by atoms with E-state index in [9.17, 15) is 18.3 Å². The van der Waals surface area contributed by atoms with Crippen molar-refractivity contribution in [3.63, 3.8) is 0 Å². The lowest BCUT2D eigenvalue weighted by Crippen LogP contribution is -2.48. The summed E-state index contributed by atoms with van der Waals surface area (Å²) in [6.07, 6.45) is 1.44. The number of anilines is 1. The van der Waals surface area contributed by atoms with Crippen LogP contribution in [0.2, 0.25) is 0 Å². The van der Waals surface area contributed by atoms with E-state index in [0.717, 1.165) is 68.4 Å². The highest BCUT2D eigenvalue weighted by Gasteiger charge is 2.27. The quantitative estimate of drug-likeness (QED) is 0.376. The van der Waals surface area contributed by atoms with Gasteiger partial charge in [0.15, 0.2) is 0 Å². The number of nitrogens with zero attached hydrogens (tertiary/aromatic N) is 4. The molecule has 1 aromatic carbocycles. The monoisotopic (exact) mass is 552 g/mol. The molecule has 1 atom stereocenters. The zero-order valence-electron chi connectivity index (χ0n) is 21.5. The van der Waals surface area contributed by atoms with Gasteiger partial charge in [0.2, 0.25) is 5.95 Å². The minimum Gasteiger partial charge on any atom is -0.393 e. The van der Waals surface area contributed by atoms with E-state index in [4.69, 9.17) is 0 Å². The third-order valence-corrected chi connectivity index (χ3v) is 7.45. The summed E-state index contributed by atoms with van der Waals surface area (Å²) in [4.78, 5) is 11.4. The summed E-state index contributed by atoms with van der Waals surface area (Å²) in [7, 11) is 0. The van der Waals surface area contributed by atoms with Crippen molar-refractivity contribution in [1.29, 1.82) is 0 Å². The molecular formula is C27H36ClF3N6O. The molecule has 2 aromatic heterocycles. The highest BCUT2D eigenvalue weighted by Crippen LogP contribution is 2.37. The van der Waals surface area contributed by atoms with Gasteiger partial charge in [0, 0.05) is 68.2 Å². The smallest absolute Gasteiger partial charge is 0.390 e. The molecule has 1 aliphatic carbocycles. The van der Waals surface area contributed by atoms with Crippen LogP contribution in [-0.2, 0) is 6.54 Å². The molecule has 3 aromatic rings. The summed E-state index contributed by atoms with van der Waals surface area (Å²) in [6.45, 7) is 5.91. The molecule has 0 unspecified atom stereocenters. The van der Waals surface area contributed by atoms with E-state index < -0.39 is 12.6 Å². The summed E-state index contributed by atoms with van der Waals surface area (Å²) in [5.41, 5.74) is 4.03. The highest BCUT2D eigenvalue weighted by atomic mass is 35.5. The van der Waals surface area contributed by atoms with Crippen LogP contribution in [0.25, 0.3) is 22.2 Å². The maximum atomic E-state index is 12.6. The van der Waals surface area contributed by atoms with Gasteiger partial charge in [-0.05, 0) is 43.7 Å². The topological polar surface area (TPSA) is 78.2 Å². The Morgan fingerprint density at radius 1 is 1.13 bits per heavy atom. The zero-order chi connectivity index (χ0) is 26.0. The van der Waals surface area contributed by atoms with Gasteiger partial charge in [-0.3, -0.25) is 4.90 Å². The van der Waals surface area contributed by atoms with Crippen LogP contribution in [0.3, 0.4) is 0 Å². The Hall–Kier alpha value is -2.40. The number of hydrogen-bond donors (Lipinski definition) is 3. The summed E-state index contributed by atoms with van der Waals surface area (Å²) in [5.74, 6) is 0.194. The first-order valence-electron chi connectivity index (χ1n) is 13.2. The molecular weight excluding hydrogens is 517 g/mol. The molecule has 3 heterocycles. The molecule has 0 amide bonds. The SMILES string of the molecule is C[C@@H]1CN(Cc2ccc(-c3cn(C4CCC(O)CC4)c4nc(NCCC(F)(F)F)ncc34)cc2)CCN1.Cl. The first-order chi connectivity index (χ1) is 17.7. The number of rotatable bonds is 7. The maximum absolute atomic E-state index is 12.6. The number of benzene rings is 1. The fraction of sp³-hybridized carbons (Fsp3) is 0.556. The molecule has 2 aliphatic rings. The van der Waals surface area contributed by atoms with Crippen molar-refractivity contribution >= 4 is 29.4 Å². The van der Waals surface area contributed by atoms with E-state index in [1.807, 2.05) is 0 Å². The van der Waals surface area contributed by atoms with Gasteiger partial charge in [-0.15, -0.1) is 12.4 Å². The molecule has 3 N–H and O–H groups in total. The molecule has 208 valence electrons. The lowest BCUT2D eigenvalue weighted by atomic mass is 9.93. The third kappa shape index (κ3) is 6.97. The van der Waals surface area contributed by atoms with E-state index in [2.05, 4.69) is 67.5 Å². The van der Waals surface area contributed by atoms with E-state index in [1.165, 1.54) is 5.56 Å². The average Bonchev–Trinajstić information content (AvgIpc) is 3.23. The number of aliphatic hydroxyl groups is 1. The van der Waals surface area contributed by atoms with Crippen molar-refractivity contribution in [2.24, 2.45) is 0 Å². The van der Waals surface area contributed by atoms with Gasteiger partial charge < -0.3 is 20.3 Å². The molecule has 5 rings (SSSR count). The highest BCUT2D eigenvalue weighted by molar-refractivity contribution is 5.94. The normalized spacial score (nSPS) is 22.8. The van der Waals surface area contributed by atoms with Crippen molar-refractivity contribution in [2.75, 3.05) is 31.5 Å². The van der Waals surface area contributed by atoms with Gasteiger partial charge in [0.05, 0.1) is 12.5 Å². The van der Waals surface area contributed by atoms with E-state index in [-0.39, 0.29) is 37.0 Å². The fourth-order valence-electron chi connectivity index (χ4n) is 5.48. The van der Waals surface area contributed by atoms with E-state index in [0.29, 0.717) is 11.7 Å². The Bertz CT molecular complexity index is 1190. The molecule has 2 fully saturated rings. The van der Waals surface area contributed by atoms with Crippen LogP contribution in [-0.4, -0.2) is 69.0 Å². The van der Waals surface area contributed by atoms with Crippen molar-refractivity contribution in [3.05, 3.63) is 42.2 Å². The number of halogens is 4. The van der Waals surface area contributed by atoms with E-state index in [1.54, 1.807) is 6.20 Å². The van der Waals surface area contributed by atoms with Gasteiger partial charge in [-0.2, -0.15) is 18.2 Å². The number of piperazine rings is 1. The summed E-state index contributed by atoms with van der Waals surface area (Å²) >= 11 is 0. The first-order valence-corrected chi connectivity index (χ1v) is 13.2. The van der Waals surface area contributed by atoms with Crippen LogP contribution in [0.5, 0.6) is 0 Å². The summed E-state index contributed by atoms with van der Waals surface area (Å²) in [6, 6.07) is 9.24. The van der Waals surface area contributed by atoms with Crippen LogP contribution >= 0.6 is 12.4 Å². The Balaban J connectivity index is 0.00000336. The largest absolute Gasteiger partial charge is 0.393 e. The van der Waals surface area contributed by atoms with Gasteiger partial charge in [-0.25, -0.2) is 4.98 Å². The first kappa shape index (κ1) is 28.6. The minimum absolute atomic E-state index is 0. The van der Waals surface area contributed by atoms with Crippen molar-refractivity contribution < 1.29 is 18.3 Å². The standard InChI is InChI=1S/C27H35F3N6O.ClH/c1-18-15-35(13-12-31-18)16-19-2-4-20(5-3-19)24-17-36(21-6-8-22(37)9-7-21)25-23(24)14-33-26(34-25)32-11-10-27(28,29)30;/h2-5,14,17-18,21-22,31,37H,6-13,15-16H2,1H3,(H,32,33,34);1H/t18-,21?,22?;/m1./s1.